The Morgan fingerprint density at radius 3 is 1.10 bits per heavy atom. The average Bonchev–Trinajstić information content (AvgIpc) is 3.56. The van der Waals surface area contributed by atoms with Crippen molar-refractivity contribution in [3.05, 3.63) is 122 Å². The first kappa shape index (κ1) is 80.9. The quantitative estimate of drug-likeness (QED) is 0.0243. The maximum atomic E-state index is 13.0. The molecular formula is C75H134N2O6P+. The fourth-order valence-corrected chi connectivity index (χ4v) is 10.5. The average molecular weight is 1190 g/mol. The van der Waals surface area contributed by atoms with Crippen LogP contribution >= 0.6 is 7.82 Å². The van der Waals surface area contributed by atoms with Crippen LogP contribution in [-0.2, 0) is 18.4 Å². The predicted molar refractivity (Wildman–Crippen MR) is 368 cm³/mol. The fourth-order valence-electron chi connectivity index (χ4n) is 9.78. The number of aliphatic hydroxyl groups excluding tert-OH is 1. The van der Waals surface area contributed by atoms with Crippen molar-refractivity contribution in [1.29, 1.82) is 0 Å². The summed E-state index contributed by atoms with van der Waals surface area (Å²) in [4.78, 5) is 23.4. The van der Waals surface area contributed by atoms with E-state index >= 15 is 0 Å². The summed E-state index contributed by atoms with van der Waals surface area (Å²) >= 11 is 0. The van der Waals surface area contributed by atoms with E-state index in [4.69, 9.17) is 9.05 Å². The van der Waals surface area contributed by atoms with Gasteiger partial charge in [0.05, 0.1) is 39.9 Å². The number of phosphoric ester groups is 1. The van der Waals surface area contributed by atoms with Gasteiger partial charge in [-0.05, 0) is 96.3 Å². The molecule has 0 heterocycles. The monoisotopic (exact) mass is 1190 g/mol. The van der Waals surface area contributed by atoms with E-state index in [0.29, 0.717) is 17.4 Å². The minimum absolute atomic E-state index is 0.0522. The van der Waals surface area contributed by atoms with E-state index in [1.807, 2.05) is 27.2 Å². The van der Waals surface area contributed by atoms with Gasteiger partial charge in [0.25, 0.3) is 0 Å². The number of quaternary nitrogens is 1. The zero-order chi connectivity index (χ0) is 61.2. The van der Waals surface area contributed by atoms with Crippen molar-refractivity contribution in [1.82, 2.24) is 5.32 Å². The zero-order valence-electron chi connectivity index (χ0n) is 55.4. The topological polar surface area (TPSA) is 105 Å². The van der Waals surface area contributed by atoms with E-state index in [9.17, 15) is 19.4 Å². The maximum Gasteiger partial charge on any atom is 0.472 e. The molecule has 3 atom stereocenters. The largest absolute Gasteiger partial charge is 0.472 e. The van der Waals surface area contributed by atoms with Crippen LogP contribution in [0.5, 0.6) is 0 Å². The molecule has 0 bridgehead atoms. The normalized spacial score (nSPS) is 14.4. The third-order valence-corrected chi connectivity index (χ3v) is 16.1. The molecule has 484 valence electrons. The Hall–Kier alpha value is -3.10. The van der Waals surface area contributed by atoms with Crippen LogP contribution in [0.25, 0.3) is 0 Å². The lowest BCUT2D eigenvalue weighted by Gasteiger charge is -2.25. The van der Waals surface area contributed by atoms with Gasteiger partial charge in [-0.15, -0.1) is 0 Å². The summed E-state index contributed by atoms with van der Waals surface area (Å²) in [5, 5.41) is 14.0. The SMILES string of the molecule is CC/C=C\C/C=C\C/C=C\C/C=C\C/C=C\C/C=C\C/C=C\C/C=C\CCCCCCCCCCCCCCCCC(=O)NC(COP(=O)(O)OCC[N+](C)(C)C)C(O)/C=C/CC/C=C/CCCCCCCCCCCCCCCCCCC. The first-order valence-corrected chi connectivity index (χ1v) is 36.4. The molecule has 3 N–H and O–H groups in total. The Bertz CT molecular complexity index is 1780. The lowest BCUT2D eigenvalue weighted by Crippen LogP contribution is -2.45. The Kier molecular flexibility index (Phi) is 62.0. The number of unbranched alkanes of at least 4 members (excludes halogenated alkanes) is 32. The second-order valence-electron chi connectivity index (χ2n) is 24.5. The van der Waals surface area contributed by atoms with Crippen LogP contribution in [0.15, 0.2) is 122 Å². The molecule has 0 aromatic rings. The standard InChI is InChI=1S/C75H133N2O6P/c1-6-8-10-12-14-16-18-20-22-24-26-28-30-31-32-33-34-35-36-37-38-39-40-41-42-43-44-45-47-49-51-53-55-57-59-61-63-65-67-69-75(79)76-73(72-83-84(80,81)82-71-70-77(3,4)5)74(78)68-66-64-62-60-58-56-54-52-50-48-46-29-27-25-23-21-19-17-15-13-11-9-7-2/h8,10,14,16,20,22,26,28,31-32,34-35,37-38,40-41,58,60,66,68,73-74,78H,6-7,9,11-13,15,17-19,21,23-25,27,29-30,33,36,39,42-57,59,61-65,67,69-72H2,1-5H3,(H-,76,79,80,81)/p+1/b10-8-,16-14-,22-20-,28-26-,32-31-,35-34-,38-37-,41-40-,60-58+,68-66+. The van der Waals surface area contributed by atoms with Crippen molar-refractivity contribution < 1.29 is 32.9 Å². The van der Waals surface area contributed by atoms with Gasteiger partial charge < -0.3 is 19.8 Å². The van der Waals surface area contributed by atoms with Gasteiger partial charge in [-0.2, -0.15) is 0 Å². The number of allylic oxidation sites excluding steroid dienone is 19. The van der Waals surface area contributed by atoms with Crippen molar-refractivity contribution in [2.24, 2.45) is 0 Å². The molecule has 0 saturated carbocycles. The van der Waals surface area contributed by atoms with Crippen molar-refractivity contribution in [2.45, 2.75) is 309 Å². The summed E-state index contributed by atoms with van der Waals surface area (Å²) in [5.41, 5.74) is 0. The number of aliphatic hydroxyl groups is 1. The van der Waals surface area contributed by atoms with Gasteiger partial charge in [-0.3, -0.25) is 13.8 Å². The first-order valence-electron chi connectivity index (χ1n) is 34.9. The van der Waals surface area contributed by atoms with Crippen LogP contribution in [0.4, 0.5) is 0 Å². The third kappa shape index (κ3) is 66.4. The van der Waals surface area contributed by atoms with Crippen molar-refractivity contribution in [3.8, 4) is 0 Å². The summed E-state index contributed by atoms with van der Waals surface area (Å²) in [6, 6.07) is -0.872. The lowest BCUT2D eigenvalue weighted by atomic mass is 10.0. The number of nitrogens with zero attached hydrogens (tertiary/aromatic N) is 1. The molecule has 0 aliphatic rings. The molecule has 0 saturated heterocycles. The van der Waals surface area contributed by atoms with Crippen LogP contribution in [0.2, 0.25) is 0 Å². The molecule has 84 heavy (non-hydrogen) atoms. The number of hydrogen-bond acceptors (Lipinski definition) is 5. The minimum Gasteiger partial charge on any atom is -0.387 e. The number of hydrogen-bond donors (Lipinski definition) is 3. The van der Waals surface area contributed by atoms with Crippen molar-refractivity contribution in [3.63, 3.8) is 0 Å². The Labute approximate surface area is 520 Å². The van der Waals surface area contributed by atoms with Crippen LogP contribution in [0.1, 0.15) is 296 Å². The number of phosphoric acid groups is 1. The molecule has 3 unspecified atom stereocenters. The molecule has 0 rings (SSSR count). The second kappa shape index (κ2) is 64.4. The number of rotatable bonds is 63. The van der Waals surface area contributed by atoms with E-state index in [0.717, 1.165) is 89.9 Å². The van der Waals surface area contributed by atoms with Gasteiger partial charge >= 0.3 is 7.82 Å². The molecule has 0 aliphatic carbocycles. The molecular weight excluding hydrogens is 1060 g/mol. The molecule has 9 heteroatoms. The van der Waals surface area contributed by atoms with E-state index in [1.54, 1.807) is 6.08 Å². The van der Waals surface area contributed by atoms with Gasteiger partial charge in [0.15, 0.2) is 0 Å². The molecule has 8 nitrogen and oxygen atoms in total. The molecule has 0 fully saturated rings. The highest BCUT2D eigenvalue weighted by Gasteiger charge is 2.28. The predicted octanol–water partition coefficient (Wildman–Crippen LogP) is 22.4. The Balaban J connectivity index is 4.10. The van der Waals surface area contributed by atoms with E-state index in [1.165, 1.54) is 186 Å². The Morgan fingerprint density at radius 2 is 0.726 bits per heavy atom. The molecule has 1 amide bonds. The maximum absolute atomic E-state index is 13.0. The minimum atomic E-state index is -4.37. The van der Waals surface area contributed by atoms with Crippen LogP contribution in [-0.4, -0.2) is 73.4 Å². The number of nitrogens with one attached hydrogen (secondary N) is 1. The number of amides is 1. The molecule has 0 spiro atoms. The highest BCUT2D eigenvalue weighted by Crippen LogP contribution is 2.43. The lowest BCUT2D eigenvalue weighted by molar-refractivity contribution is -0.870. The summed E-state index contributed by atoms with van der Waals surface area (Å²) in [5.74, 6) is -0.189. The fraction of sp³-hybridized carbons (Fsp3) is 0.720. The van der Waals surface area contributed by atoms with Crippen LogP contribution in [0.3, 0.4) is 0 Å². The number of carbonyl (C=O) groups is 1. The molecule has 0 aliphatic heterocycles. The second-order valence-corrected chi connectivity index (χ2v) is 26.0. The van der Waals surface area contributed by atoms with E-state index in [-0.39, 0.29) is 19.1 Å². The van der Waals surface area contributed by atoms with Crippen LogP contribution in [0, 0.1) is 0 Å². The van der Waals surface area contributed by atoms with E-state index in [2.05, 4.69) is 129 Å². The first-order chi connectivity index (χ1) is 41.0. The van der Waals surface area contributed by atoms with Gasteiger partial charge in [-0.1, -0.05) is 315 Å². The molecule has 0 aromatic heterocycles. The van der Waals surface area contributed by atoms with Crippen molar-refractivity contribution in [2.75, 3.05) is 40.9 Å². The zero-order valence-corrected chi connectivity index (χ0v) is 56.3. The summed E-state index contributed by atoms with van der Waals surface area (Å²) in [6.07, 6.45) is 96.3. The van der Waals surface area contributed by atoms with E-state index < -0.39 is 20.0 Å². The van der Waals surface area contributed by atoms with Gasteiger partial charge in [0, 0.05) is 6.42 Å². The van der Waals surface area contributed by atoms with Gasteiger partial charge in [0.1, 0.15) is 13.2 Å². The number of carbonyl (C=O) groups excluding carboxylic acids is 1. The van der Waals surface area contributed by atoms with Gasteiger partial charge in [0.2, 0.25) is 5.91 Å². The van der Waals surface area contributed by atoms with Crippen LogP contribution < -0.4 is 5.32 Å². The van der Waals surface area contributed by atoms with Crippen molar-refractivity contribution >= 4 is 13.7 Å². The van der Waals surface area contributed by atoms with Gasteiger partial charge in [-0.25, -0.2) is 4.57 Å². The third-order valence-electron chi connectivity index (χ3n) is 15.2. The highest BCUT2D eigenvalue weighted by atomic mass is 31.2. The molecule has 0 radical (unpaired) electrons. The Morgan fingerprint density at radius 1 is 0.417 bits per heavy atom. The summed E-state index contributed by atoms with van der Waals surface area (Å²) < 4.78 is 23.8. The highest BCUT2D eigenvalue weighted by molar-refractivity contribution is 7.47. The molecule has 0 aromatic carbocycles. The smallest absolute Gasteiger partial charge is 0.387 e. The number of likely N-dealkylation sites (N-methyl/N-ethyl adjacent to an activating group) is 1. The summed E-state index contributed by atoms with van der Waals surface area (Å²) in [7, 11) is 1.55. The summed E-state index contributed by atoms with van der Waals surface area (Å²) in [6.45, 7) is 4.70.